The fourth-order valence-electron chi connectivity index (χ4n) is 4.28. The minimum atomic E-state index is -0.600. The first-order valence-electron chi connectivity index (χ1n) is 10.8. The van der Waals surface area contributed by atoms with Gasteiger partial charge in [-0.3, -0.25) is 4.79 Å². The van der Waals surface area contributed by atoms with E-state index in [0.717, 1.165) is 40.7 Å². The molecule has 0 aliphatic carbocycles. The van der Waals surface area contributed by atoms with Gasteiger partial charge in [-0.1, -0.05) is 42.5 Å². The number of nitrogens with zero attached hydrogens (tertiary/aromatic N) is 1. The van der Waals surface area contributed by atoms with E-state index in [9.17, 15) is 4.79 Å². The van der Waals surface area contributed by atoms with Crippen molar-refractivity contribution in [1.82, 2.24) is 0 Å². The van der Waals surface area contributed by atoms with Gasteiger partial charge < -0.3 is 9.64 Å². The van der Waals surface area contributed by atoms with E-state index in [-0.39, 0.29) is 5.78 Å². The fraction of sp³-hybridized carbons (Fsp3) is 0.370. The van der Waals surface area contributed by atoms with Gasteiger partial charge in [-0.15, -0.1) is 0 Å². The third kappa shape index (κ3) is 3.99. The number of fused-ring (bicyclic) bond motifs is 1. The average molecular weight is 402 g/mol. The van der Waals surface area contributed by atoms with Gasteiger partial charge in [-0.05, 0) is 86.2 Å². The molecule has 0 radical (unpaired) electrons. The van der Waals surface area contributed by atoms with Gasteiger partial charge in [0.25, 0.3) is 0 Å². The Bertz CT molecular complexity index is 1090. The summed E-state index contributed by atoms with van der Waals surface area (Å²) < 4.78 is 6.33. The van der Waals surface area contributed by atoms with Crippen LogP contribution in [0.25, 0.3) is 21.9 Å². The van der Waals surface area contributed by atoms with Crippen molar-refractivity contribution in [3.8, 4) is 11.1 Å². The standard InChI is InChI=1S/C27H31NO2/c1-18-16-20-10-6-7-13-23(20)25(24(18)26(19(2)29)30-27(3,4)5)21-11-8-12-22(17-21)28-14-9-15-28/h6-8,10-13,16-17,26H,9,14-15H2,1-5H3/t26-/m1/s1. The molecular weight excluding hydrogens is 370 g/mol. The van der Waals surface area contributed by atoms with Crippen LogP contribution in [0.5, 0.6) is 0 Å². The first-order valence-corrected chi connectivity index (χ1v) is 10.8. The quantitative estimate of drug-likeness (QED) is 0.491. The lowest BCUT2D eigenvalue weighted by Gasteiger charge is -2.34. The lowest BCUT2D eigenvalue weighted by atomic mass is 9.86. The van der Waals surface area contributed by atoms with Gasteiger partial charge in [0, 0.05) is 18.8 Å². The largest absolute Gasteiger partial charge is 0.371 e. The number of hydrogen-bond donors (Lipinski definition) is 0. The summed E-state index contributed by atoms with van der Waals surface area (Å²) in [6.07, 6.45) is 0.645. The summed E-state index contributed by atoms with van der Waals surface area (Å²) in [7, 11) is 0. The van der Waals surface area contributed by atoms with Crippen LogP contribution in [-0.4, -0.2) is 24.5 Å². The third-order valence-corrected chi connectivity index (χ3v) is 5.76. The molecule has 1 fully saturated rings. The zero-order valence-electron chi connectivity index (χ0n) is 18.7. The molecular formula is C27H31NO2. The van der Waals surface area contributed by atoms with Gasteiger partial charge in [0.05, 0.1) is 5.60 Å². The number of benzene rings is 3. The van der Waals surface area contributed by atoms with E-state index < -0.39 is 11.7 Å². The van der Waals surface area contributed by atoms with E-state index in [1.807, 2.05) is 20.8 Å². The summed E-state index contributed by atoms with van der Waals surface area (Å²) in [4.78, 5) is 15.2. The predicted octanol–water partition coefficient (Wildman–Crippen LogP) is 6.47. The van der Waals surface area contributed by atoms with E-state index >= 15 is 0 Å². The highest BCUT2D eigenvalue weighted by Crippen LogP contribution is 2.41. The molecule has 0 spiro atoms. The van der Waals surface area contributed by atoms with Crippen molar-refractivity contribution < 1.29 is 9.53 Å². The SMILES string of the molecule is CC(=O)[C@@H](OC(C)(C)C)c1c(C)cc2ccccc2c1-c1cccc(N2CCC2)c1. The summed E-state index contributed by atoms with van der Waals surface area (Å²) >= 11 is 0. The van der Waals surface area contributed by atoms with Gasteiger partial charge in [-0.25, -0.2) is 0 Å². The van der Waals surface area contributed by atoms with Crippen LogP contribution in [0.3, 0.4) is 0 Å². The number of carbonyl (C=O) groups is 1. The summed E-state index contributed by atoms with van der Waals surface area (Å²) in [6, 6.07) is 19.3. The summed E-state index contributed by atoms with van der Waals surface area (Å²) in [5.74, 6) is 0.0310. The minimum Gasteiger partial charge on any atom is -0.371 e. The van der Waals surface area contributed by atoms with Gasteiger partial charge in [0.2, 0.25) is 0 Å². The van der Waals surface area contributed by atoms with Crippen molar-refractivity contribution in [3.05, 3.63) is 65.7 Å². The van der Waals surface area contributed by atoms with Crippen LogP contribution in [0.1, 0.15) is 51.3 Å². The van der Waals surface area contributed by atoms with Gasteiger partial charge >= 0.3 is 0 Å². The maximum absolute atomic E-state index is 12.8. The Morgan fingerprint density at radius 3 is 2.40 bits per heavy atom. The van der Waals surface area contributed by atoms with Crippen molar-refractivity contribution in [2.24, 2.45) is 0 Å². The second-order valence-corrected chi connectivity index (χ2v) is 9.32. The molecule has 156 valence electrons. The predicted molar refractivity (Wildman–Crippen MR) is 125 cm³/mol. The number of ether oxygens (including phenoxy) is 1. The highest BCUT2D eigenvalue weighted by Gasteiger charge is 2.29. The van der Waals surface area contributed by atoms with Crippen LogP contribution in [0, 0.1) is 6.92 Å². The molecule has 4 rings (SSSR count). The molecule has 1 saturated heterocycles. The summed E-state index contributed by atoms with van der Waals surface area (Å²) in [6.45, 7) is 11.9. The molecule has 0 unspecified atom stereocenters. The van der Waals surface area contributed by atoms with Crippen LogP contribution >= 0.6 is 0 Å². The lowest BCUT2D eigenvalue weighted by Crippen LogP contribution is -2.36. The van der Waals surface area contributed by atoms with Crippen molar-refractivity contribution in [2.75, 3.05) is 18.0 Å². The minimum absolute atomic E-state index is 0.0310. The number of carbonyl (C=O) groups excluding carboxylic acids is 1. The van der Waals surface area contributed by atoms with Crippen molar-refractivity contribution in [1.29, 1.82) is 0 Å². The van der Waals surface area contributed by atoms with Crippen LogP contribution in [0.15, 0.2) is 54.6 Å². The molecule has 3 aromatic carbocycles. The van der Waals surface area contributed by atoms with Crippen molar-refractivity contribution >= 4 is 22.2 Å². The zero-order valence-corrected chi connectivity index (χ0v) is 18.7. The number of anilines is 1. The number of ketones is 1. The van der Waals surface area contributed by atoms with Crippen LogP contribution in [0.4, 0.5) is 5.69 Å². The highest BCUT2D eigenvalue weighted by atomic mass is 16.5. The monoisotopic (exact) mass is 401 g/mol. The smallest absolute Gasteiger partial charge is 0.163 e. The normalized spacial score (nSPS) is 15.2. The van der Waals surface area contributed by atoms with Crippen LogP contribution < -0.4 is 4.90 Å². The van der Waals surface area contributed by atoms with Crippen molar-refractivity contribution in [3.63, 3.8) is 0 Å². The third-order valence-electron chi connectivity index (χ3n) is 5.76. The molecule has 3 aromatic rings. The van der Waals surface area contributed by atoms with E-state index in [1.54, 1.807) is 6.92 Å². The van der Waals surface area contributed by atoms with E-state index in [0.29, 0.717) is 0 Å². The first-order chi connectivity index (χ1) is 14.2. The number of hydrogen-bond acceptors (Lipinski definition) is 3. The fourth-order valence-corrected chi connectivity index (χ4v) is 4.28. The zero-order chi connectivity index (χ0) is 21.5. The summed E-state index contributed by atoms with van der Waals surface area (Å²) in [5, 5.41) is 2.34. The van der Waals surface area contributed by atoms with Gasteiger partial charge in [0.1, 0.15) is 6.10 Å². The molecule has 0 amide bonds. The Kier molecular flexibility index (Phi) is 5.42. The number of aryl methyl sites for hydroxylation is 1. The highest BCUT2D eigenvalue weighted by molar-refractivity contribution is 6.01. The summed E-state index contributed by atoms with van der Waals surface area (Å²) in [5.41, 5.74) is 5.13. The molecule has 1 aliphatic rings. The molecule has 0 N–H and O–H groups in total. The van der Waals surface area contributed by atoms with E-state index in [1.165, 1.54) is 17.5 Å². The maximum atomic E-state index is 12.8. The molecule has 3 heteroatoms. The Labute approximate surface area is 179 Å². The van der Waals surface area contributed by atoms with Crippen LogP contribution in [0.2, 0.25) is 0 Å². The van der Waals surface area contributed by atoms with Gasteiger partial charge in [0.15, 0.2) is 5.78 Å². The first kappa shape index (κ1) is 20.6. The van der Waals surface area contributed by atoms with Crippen LogP contribution in [-0.2, 0) is 9.53 Å². The van der Waals surface area contributed by atoms with Crippen molar-refractivity contribution in [2.45, 2.75) is 52.7 Å². The number of Topliss-reactive ketones (excluding diaryl/α,β-unsaturated/α-hetero) is 1. The Morgan fingerprint density at radius 1 is 1.03 bits per heavy atom. The molecule has 3 nitrogen and oxygen atoms in total. The molecule has 0 saturated carbocycles. The van der Waals surface area contributed by atoms with Gasteiger partial charge in [-0.2, -0.15) is 0 Å². The second kappa shape index (κ2) is 7.88. The Morgan fingerprint density at radius 2 is 1.77 bits per heavy atom. The number of rotatable bonds is 5. The molecule has 1 atom stereocenters. The molecule has 30 heavy (non-hydrogen) atoms. The second-order valence-electron chi connectivity index (χ2n) is 9.32. The lowest BCUT2D eigenvalue weighted by molar-refractivity contribution is -0.138. The molecule has 0 aromatic heterocycles. The van der Waals surface area contributed by atoms with E-state index in [4.69, 9.17) is 4.74 Å². The molecule has 1 aliphatic heterocycles. The van der Waals surface area contributed by atoms with E-state index in [2.05, 4.69) is 66.4 Å². The topological polar surface area (TPSA) is 29.5 Å². The Hall–Kier alpha value is -2.65. The molecule has 0 bridgehead atoms. The average Bonchev–Trinajstić information content (AvgIpc) is 2.63. The Balaban J connectivity index is 1.99. The molecule has 1 heterocycles. The maximum Gasteiger partial charge on any atom is 0.163 e.